The van der Waals surface area contributed by atoms with Crippen molar-refractivity contribution in [3.05, 3.63) is 33.8 Å². The number of aryl methyl sites for hydroxylation is 1. The predicted octanol–water partition coefficient (Wildman–Crippen LogP) is 3.26. The van der Waals surface area contributed by atoms with Crippen LogP contribution in [0.25, 0.3) is 0 Å². The van der Waals surface area contributed by atoms with E-state index in [0.29, 0.717) is 0 Å². The maximum atomic E-state index is 10.8. The monoisotopic (exact) mass is 268 g/mol. The standard InChI is InChI=1S/C12H13BrO2/c1-8-6-9(13)2-3-10(8)12(4-5-12)7-11(14)15/h2-3,6H,4-5,7H2,1H3,(H,14,15). The Kier molecular flexibility index (Phi) is 2.59. The summed E-state index contributed by atoms with van der Waals surface area (Å²) in [5, 5.41) is 8.89. The maximum Gasteiger partial charge on any atom is 0.304 e. The number of hydrogen-bond donors (Lipinski definition) is 1. The molecule has 2 rings (SSSR count). The molecule has 1 aliphatic rings. The highest BCUT2D eigenvalue weighted by molar-refractivity contribution is 9.10. The average Bonchev–Trinajstić information content (AvgIpc) is 2.83. The van der Waals surface area contributed by atoms with Gasteiger partial charge in [-0.3, -0.25) is 4.79 Å². The van der Waals surface area contributed by atoms with Crippen LogP contribution in [0, 0.1) is 6.92 Å². The molecular formula is C12H13BrO2. The van der Waals surface area contributed by atoms with Crippen molar-refractivity contribution >= 4 is 21.9 Å². The molecule has 0 unspecified atom stereocenters. The quantitative estimate of drug-likeness (QED) is 0.914. The van der Waals surface area contributed by atoms with Gasteiger partial charge in [-0.05, 0) is 43.0 Å². The molecule has 0 aromatic heterocycles. The van der Waals surface area contributed by atoms with E-state index in [9.17, 15) is 4.79 Å². The van der Waals surface area contributed by atoms with E-state index in [1.165, 1.54) is 11.1 Å². The maximum absolute atomic E-state index is 10.8. The number of rotatable bonds is 3. The molecule has 0 bridgehead atoms. The Balaban J connectivity index is 2.33. The SMILES string of the molecule is Cc1cc(Br)ccc1C1(CC(=O)O)CC1. The molecule has 0 radical (unpaired) electrons. The molecule has 3 heteroatoms. The highest BCUT2D eigenvalue weighted by atomic mass is 79.9. The van der Waals surface area contributed by atoms with E-state index in [1.54, 1.807) is 0 Å². The summed E-state index contributed by atoms with van der Waals surface area (Å²) in [7, 11) is 0. The van der Waals surface area contributed by atoms with Gasteiger partial charge in [0.2, 0.25) is 0 Å². The van der Waals surface area contributed by atoms with Gasteiger partial charge in [-0.2, -0.15) is 0 Å². The Hall–Kier alpha value is -0.830. The van der Waals surface area contributed by atoms with E-state index in [2.05, 4.69) is 28.1 Å². The summed E-state index contributed by atoms with van der Waals surface area (Å²) in [5.41, 5.74) is 2.31. The van der Waals surface area contributed by atoms with Crippen molar-refractivity contribution in [1.29, 1.82) is 0 Å². The van der Waals surface area contributed by atoms with Crippen molar-refractivity contribution in [1.82, 2.24) is 0 Å². The number of halogens is 1. The topological polar surface area (TPSA) is 37.3 Å². The van der Waals surface area contributed by atoms with Gasteiger partial charge in [-0.1, -0.05) is 22.0 Å². The third kappa shape index (κ3) is 2.07. The number of carboxylic acid groups (broad SMARTS) is 1. The minimum atomic E-state index is -0.699. The van der Waals surface area contributed by atoms with Gasteiger partial charge in [0.25, 0.3) is 0 Å². The second-order valence-electron chi connectivity index (χ2n) is 4.31. The van der Waals surface area contributed by atoms with Crippen molar-refractivity contribution < 1.29 is 9.90 Å². The van der Waals surface area contributed by atoms with Crippen LogP contribution in [0.5, 0.6) is 0 Å². The van der Waals surface area contributed by atoms with Crippen molar-refractivity contribution in [2.24, 2.45) is 0 Å². The first kappa shape index (κ1) is 10.7. The third-order valence-corrected chi connectivity index (χ3v) is 3.60. The van der Waals surface area contributed by atoms with Gasteiger partial charge in [-0.25, -0.2) is 0 Å². The fourth-order valence-corrected chi connectivity index (χ4v) is 2.68. The first-order valence-corrected chi connectivity index (χ1v) is 5.81. The summed E-state index contributed by atoms with van der Waals surface area (Å²) in [6, 6.07) is 6.09. The molecule has 80 valence electrons. The largest absolute Gasteiger partial charge is 0.481 e. The molecule has 0 heterocycles. The molecule has 0 atom stereocenters. The third-order valence-electron chi connectivity index (χ3n) is 3.10. The van der Waals surface area contributed by atoms with Crippen molar-refractivity contribution in [3.8, 4) is 0 Å². The highest BCUT2D eigenvalue weighted by Crippen LogP contribution is 2.52. The zero-order chi connectivity index (χ0) is 11.1. The zero-order valence-electron chi connectivity index (χ0n) is 8.59. The van der Waals surface area contributed by atoms with Gasteiger partial charge in [0, 0.05) is 9.89 Å². The molecule has 1 aromatic rings. The van der Waals surface area contributed by atoms with E-state index in [1.807, 2.05) is 13.0 Å². The van der Waals surface area contributed by atoms with Crippen molar-refractivity contribution in [3.63, 3.8) is 0 Å². The lowest BCUT2D eigenvalue weighted by atomic mass is 9.89. The van der Waals surface area contributed by atoms with Crippen LogP contribution in [-0.2, 0) is 10.2 Å². The molecule has 0 amide bonds. The molecule has 0 spiro atoms. The Morgan fingerprint density at radius 3 is 2.67 bits per heavy atom. The lowest BCUT2D eigenvalue weighted by Gasteiger charge is -2.16. The van der Waals surface area contributed by atoms with Crippen LogP contribution in [-0.4, -0.2) is 11.1 Å². The normalized spacial score (nSPS) is 17.5. The Morgan fingerprint density at radius 1 is 1.53 bits per heavy atom. The van der Waals surface area contributed by atoms with Crippen LogP contribution in [0.2, 0.25) is 0 Å². The molecular weight excluding hydrogens is 256 g/mol. The van der Waals surface area contributed by atoms with Crippen LogP contribution in [0.4, 0.5) is 0 Å². The average molecular weight is 269 g/mol. The molecule has 0 saturated heterocycles. The second kappa shape index (κ2) is 3.63. The van der Waals surface area contributed by atoms with Crippen molar-refractivity contribution in [2.75, 3.05) is 0 Å². The molecule has 1 fully saturated rings. The number of aliphatic carboxylic acids is 1. The van der Waals surface area contributed by atoms with E-state index in [4.69, 9.17) is 5.11 Å². The van der Waals surface area contributed by atoms with E-state index in [-0.39, 0.29) is 11.8 Å². The fourth-order valence-electron chi connectivity index (χ4n) is 2.20. The Bertz CT molecular complexity index is 408. The van der Waals surface area contributed by atoms with Gasteiger partial charge in [-0.15, -0.1) is 0 Å². The minimum absolute atomic E-state index is 0.0728. The van der Waals surface area contributed by atoms with Gasteiger partial charge in [0.1, 0.15) is 0 Å². The van der Waals surface area contributed by atoms with E-state index >= 15 is 0 Å². The zero-order valence-corrected chi connectivity index (χ0v) is 10.2. The summed E-state index contributed by atoms with van der Waals surface area (Å²) in [5.74, 6) is -0.699. The van der Waals surface area contributed by atoms with Crippen LogP contribution < -0.4 is 0 Å². The number of carbonyl (C=O) groups is 1. The van der Waals surface area contributed by atoms with Crippen LogP contribution in [0.15, 0.2) is 22.7 Å². The van der Waals surface area contributed by atoms with Crippen LogP contribution >= 0.6 is 15.9 Å². The number of benzene rings is 1. The summed E-state index contributed by atoms with van der Waals surface area (Å²) in [4.78, 5) is 10.8. The minimum Gasteiger partial charge on any atom is -0.481 e. The second-order valence-corrected chi connectivity index (χ2v) is 5.23. The molecule has 15 heavy (non-hydrogen) atoms. The summed E-state index contributed by atoms with van der Waals surface area (Å²) < 4.78 is 1.05. The Labute approximate surface area is 97.4 Å². The smallest absolute Gasteiger partial charge is 0.304 e. The van der Waals surface area contributed by atoms with Gasteiger partial charge in [0.05, 0.1) is 6.42 Å². The first-order valence-electron chi connectivity index (χ1n) is 5.02. The molecule has 1 aromatic carbocycles. The molecule has 1 saturated carbocycles. The van der Waals surface area contributed by atoms with E-state index < -0.39 is 5.97 Å². The number of hydrogen-bond acceptors (Lipinski definition) is 1. The van der Waals surface area contributed by atoms with Crippen molar-refractivity contribution in [2.45, 2.75) is 31.6 Å². The molecule has 2 nitrogen and oxygen atoms in total. The van der Waals surface area contributed by atoms with Crippen LogP contribution in [0.3, 0.4) is 0 Å². The Morgan fingerprint density at radius 2 is 2.20 bits per heavy atom. The lowest BCUT2D eigenvalue weighted by Crippen LogP contribution is -2.14. The summed E-state index contributed by atoms with van der Waals surface area (Å²) >= 11 is 3.42. The molecule has 1 N–H and O–H groups in total. The molecule has 1 aliphatic carbocycles. The van der Waals surface area contributed by atoms with Gasteiger partial charge >= 0.3 is 5.97 Å². The highest BCUT2D eigenvalue weighted by Gasteiger charge is 2.46. The summed E-state index contributed by atoms with van der Waals surface area (Å²) in [6.45, 7) is 2.04. The van der Waals surface area contributed by atoms with Gasteiger partial charge < -0.3 is 5.11 Å². The number of carboxylic acids is 1. The first-order chi connectivity index (χ1) is 7.03. The van der Waals surface area contributed by atoms with Crippen LogP contribution in [0.1, 0.15) is 30.4 Å². The molecule has 0 aliphatic heterocycles. The fraction of sp³-hybridized carbons (Fsp3) is 0.417. The van der Waals surface area contributed by atoms with Gasteiger partial charge in [0.15, 0.2) is 0 Å². The van der Waals surface area contributed by atoms with E-state index in [0.717, 1.165) is 17.3 Å². The predicted molar refractivity (Wildman–Crippen MR) is 62.0 cm³/mol. The lowest BCUT2D eigenvalue weighted by molar-refractivity contribution is -0.137. The summed E-state index contributed by atoms with van der Waals surface area (Å²) in [6.07, 6.45) is 2.26.